The van der Waals surface area contributed by atoms with Crippen LogP contribution in [0.3, 0.4) is 0 Å². The second kappa shape index (κ2) is 8.27. The molecule has 0 aliphatic carbocycles. The average molecular weight is 508 g/mol. The van der Waals surface area contributed by atoms with E-state index in [1.165, 1.54) is 0 Å². The summed E-state index contributed by atoms with van der Waals surface area (Å²) in [6, 6.07) is 27.0. The molecule has 2 saturated heterocycles. The van der Waals surface area contributed by atoms with E-state index in [-0.39, 0.29) is 5.91 Å². The Labute approximate surface area is 196 Å². The average Bonchev–Trinajstić information content (AvgIpc) is 3.32. The summed E-state index contributed by atoms with van der Waals surface area (Å²) in [5.74, 6) is -0.163. The van der Waals surface area contributed by atoms with Gasteiger partial charge >= 0.3 is 0 Å². The van der Waals surface area contributed by atoms with Gasteiger partial charge in [-0.1, -0.05) is 58.9 Å². The summed E-state index contributed by atoms with van der Waals surface area (Å²) in [7, 11) is -3.34. The predicted octanol–water partition coefficient (Wildman–Crippen LogP) is 6.29. The smallest absolute Gasteiger partial charge is 0.275 e. The van der Waals surface area contributed by atoms with Crippen LogP contribution >= 0.6 is 23.4 Å². The third kappa shape index (κ3) is 3.39. The predicted molar refractivity (Wildman–Crippen MR) is 134 cm³/mol. The second-order valence-corrected chi connectivity index (χ2v) is 11.6. The Morgan fingerprint density at radius 2 is 1.28 bits per heavy atom. The first-order chi connectivity index (χ1) is 15.5. The van der Waals surface area contributed by atoms with Crippen molar-refractivity contribution in [3.63, 3.8) is 0 Å². The zero-order valence-electron chi connectivity index (χ0n) is 17.5. The molecule has 1 amide bonds. The van der Waals surface area contributed by atoms with E-state index in [1.807, 2.05) is 94.3 Å². The minimum absolute atomic E-state index is 0.163. The number of benzene rings is 3. The van der Waals surface area contributed by atoms with E-state index in [4.69, 9.17) is 0 Å². The molecule has 162 valence electrons. The quantitative estimate of drug-likeness (QED) is 0.389. The molecule has 0 radical (unpaired) electrons. The lowest BCUT2D eigenvalue weighted by atomic mass is 10.3. The van der Waals surface area contributed by atoms with Crippen molar-refractivity contribution in [1.82, 2.24) is 0 Å². The van der Waals surface area contributed by atoms with Gasteiger partial charge in [-0.15, -0.1) is 0 Å². The molecule has 2 aliphatic heterocycles. The highest BCUT2D eigenvalue weighted by Gasteiger charge is 2.56. The molecular weight excluding hydrogens is 485 g/mol. The Bertz CT molecular complexity index is 1150. The van der Waals surface area contributed by atoms with Crippen molar-refractivity contribution in [3.8, 4) is 0 Å². The van der Waals surface area contributed by atoms with E-state index < -0.39 is 13.1 Å². The van der Waals surface area contributed by atoms with Crippen LogP contribution in [0.2, 0.25) is 0 Å². The highest BCUT2D eigenvalue weighted by atomic mass is 79.9. The van der Waals surface area contributed by atoms with Gasteiger partial charge < -0.3 is 9.34 Å². The number of para-hydroxylation sites is 2. The number of hydrogen-bond donors (Lipinski definition) is 0. The van der Waals surface area contributed by atoms with Crippen molar-refractivity contribution < 1.29 is 9.36 Å². The molecule has 5 rings (SSSR count). The second-order valence-electron chi connectivity index (χ2n) is 7.94. The van der Waals surface area contributed by atoms with Crippen LogP contribution < -0.4 is 14.2 Å². The van der Waals surface area contributed by atoms with Gasteiger partial charge in [0.1, 0.15) is 5.66 Å². The van der Waals surface area contributed by atoms with Crippen LogP contribution in [0.1, 0.15) is 6.42 Å². The summed E-state index contributed by atoms with van der Waals surface area (Å²) in [6.07, 6.45) is 0.360. The van der Waals surface area contributed by atoms with Gasteiger partial charge in [0.15, 0.2) is 0 Å². The topological polar surface area (TPSA) is 43.9 Å². The van der Waals surface area contributed by atoms with E-state index in [2.05, 4.69) is 22.5 Å². The molecule has 0 saturated carbocycles. The fraction of sp³-hybridized carbons (Fsp3) is 0.160. The lowest BCUT2D eigenvalue weighted by Crippen LogP contribution is -2.35. The highest BCUT2D eigenvalue weighted by Crippen LogP contribution is 2.66. The lowest BCUT2D eigenvalue weighted by molar-refractivity contribution is -0.116. The molecule has 1 unspecified atom stereocenters. The lowest BCUT2D eigenvalue weighted by Gasteiger charge is -2.35. The maximum Gasteiger partial charge on any atom is 0.275 e. The van der Waals surface area contributed by atoms with Crippen molar-refractivity contribution >= 4 is 46.3 Å². The first-order valence-electron chi connectivity index (χ1n) is 10.5. The molecular formula is C25H23BrN3O2P. The largest absolute Gasteiger partial charge is 0.304 e. The Morgan fingerprint density at radius 1 is 0.781 bits per heavy atom. The van der Waals surface area contributed by atoms with Crippen molar-refractivity contribution in [2.45, 2.75) is 12.1 Å². The number of carbonyl (C=O) groups is 1. The molecule has 1 atom stereocenters. The van der Waals surface area contributed by atoms with Crippen molar-refractivity contribution in [3.05, 3.63) is 102 Å². The zero-order chi connectivity index (χ0) is 22.3. The molecule has 2 heterocycles. The van der Waals surface area contributed by atoms with Crippen LogP contribution in [0, 0.1) is 0 Å². The van der Waals surface area contributed by atoms with Crippen molar-refractivity contribution in [1.29, 1.82) is 0 Å². The molecule has 32 heavy (non-hydrogen) atoms. The third-order valence-corrected chi connectivity index (χ3v) is 10.1. The minimum atomic E-state index is -3.34. The van der Waals surface area contributed by atoms with E-state index in [9.17, 15) is 4.79 Å². The fourth-order valence-electron chi connectivity index (χ4n) is 4.60. The minimum Gasteiger partial charge on any atom is -0.304 e. The van der Waals surface area contributed by atoms with Crippen LogP contribution in [0.4, 0.5) is 17.1 Å². The van der Waals surface area contributed by atoms with Crippen LogP contribution in [-0.4, -0.2) is 24.7 Å². The molecule has 3 aromatic rings. The Kier molecular flexibility index (Phi) is 5.44. The Morgan fingerprint density at radius 3 is 1.78 bits per heavy atom. The maximum absolute atomic E-state index is 15.0. The molecule has 0 N–H and O–H groups in total. The van der Waals surface area contributed by atoms with Gasteiger partial charge in [0.25, 0.3) is 7.44 Å². The summed E-state index contributed by atoms with van der Waals surface area (Å²) in [4.78, 5) is 15.4. The number of anilines is 3. The SMILES string of the molecule is C=C1CC(P2(=O)N(c3ccccc3)CCN2c2ccccc2)C(=O)N1c1ccc(Br)cc1. The molecule has 0 bridgehead atoms. The van der Waals surface area contributed by atoms with Crippen molar-refractivity contribution in [2.24, 2.45) is 0 Å². The third-order valence-electron chi connectivity index (χ3n) is 6.07. The number of nitrogens with zero attached hydrogens (tertiary/aromatic N) is 3. The fourth-order valence-corrected chi connectivity index (χ4v) is 8.33. The van der Waals surface area contributed by atoms with E-state index in [0.29, 0.717) is 25.2 Å². The van der Waals surface area contributed by atoms with Gasteiger partial charge in [0.05, 0.1) is 0 Å². The Hall–Kier alpha value is -2.82. The monoisotopic (exact) mass is 507 g/mol. The number of rotatable bonds is 4. The molecule has 0 aromatic heterocycles. The summed E-state index contributed by atoms with van der Waals surface area (Å²) < 4.78 is 19.8. The van der Waals surface area contributed by atoms with Crippen LogP contribution in [-0.2, 0) is 9.36 Å². The molecule has 0 spiro atoms. The van der Waals surface area contributed by atoms with E-state index in [1.54, 1.807) is 4.90 Å². The maximum atomic E-state index is 15.0. The zero-order valence-corrected chi connectivity index (χ0v) is 20.0. The molecule has 7 heteroatoms. The van der Waals surface area contributed by atoms with Gasteiger partial charge in [-0.05, 0) is 48.5 Å². The molecule has 3 aromatic carbocycles. The van der Waals surface area contributed by atoms with Crippen LogP contribution in [0.5, 0.6) is 0 Å². The summed E-state index contributed by atoms with van der Waals surface area (Å²) in [6.45, 7) is 5.34. The van der Waals surface area contributed by atoms with E-state index >= 15 is 4.57 Å². The number of amides is 1. The summed E-state index contributed by atoms with van der Waals surface area (Å²) in [5, 5.41) is 0. The number of carbonyl (C=O) groups excluding carboxylic acids is 1. The highest BCUT2D eigenvalue weighted by molar-refractivity contribution is 9.10. The van der Waals surface area contributed by atoms with Crippen molar-refractivity contribution in [2.75, 3.05) is 27.3 Å². The number of halogens is 1. The molecule has 5 nitrogen and oxygen atoms in total. The van der Waals surface area contributed by atoms with Gasteiger partial charge in [0.2, 0.25) is 5.91 Å². The summed E-state index contributed by atoms with van der Waals surface area (Å²) >= 11 is 3.44. The van der Waals surface area contributed by atoms with Crippen LogP contribution in [0.25, 0.3) is 0 Å². The van der Waals surface area contributed by atoms with Gasteiger partial charge in [-0.3, -0.25) is 14.3 Å². The van der Waals surface area contributed by atoms with Crippen LogP contribution in [0.15, 0.2) is 102 Å². The van der Waals surface area contributed by atoms with Gasteiger partial charge in [-0.2, -0.15) is 0 Å². The molecule has 2 aliphatic rings. The van der Waals surface area contributed by atoms with Gasteiger partial charge in [0, 0.05) is 46.7 Å². The van der Waals surface area contributed by atoms with Gasteiger partial charge in [-0.25, -0.2) is 0 Å². The van der Waals surface area contributed by atoms with E-state index in [0.717, 1.165) is 21.5 Å². The standard InChI is InChI=1S/C25H23BrN3O2P/c1-19-18-24(25(30)29(19)23-14-12-20(26)13-15-23)32(31)27(21-8-4-2-5-9-21)16-17-28(32)22-10-6-3-7-11-22/h2-15,24H,1,16-18H2. The Balaban J connectivity index is 1.59. The normalized spacial score (nSPS) is 20.3. The number of allylic oxidation sites excluding steroid dienone is 1. The first-order valence-corrected chi connectivity index (χ1v) is 13.0. The summed E-state index contributed by atoms with van der Waals surface area (Å²) in [5.41, 5.74) is 2.46. The molecule has 2 fully saturated rings. The first kappa shape index (κ1) is 21.0. The number of hydrogen-bond acceptors (Lipinski definition) is 2.